The molecule has 0 aliphatic heterocycles. The molecule has 0 spiro atoms. The van der Waals surface area contributed by atoms with E-state index in [-0.39, 0.29) is 5.82 Å². The highest BCUT2D eigenvalue weighted by Crippen LogP contribution is 2.40. The van der Waals surface area contributed by atoms with Crippen molar-refractivity contribution in [2.45, 2.75) is 52.9 Å². The normalized spacial score (nSPS) is 14.1. The van der Waals surface area contributed by atoms with Gasteiger partial charge in [-0.1, -0.05) is 68.4 Å². The quantitative estimate of drug-likeness (QED) is 0.289. The van der Waals surface area contributed by atoms with E-state index in [1.165, 1.54) is 16.3 Å². The molecule has 0 aliphatic carbocycles. The summed E-state index contributed by atoms with van der Waals surface area (Å²) in [6, 6.07) is 25.0. The monoisotopic (exact) mass is 424 g/mol. The van der Waals surface area contributed by atoms with Gasteiger partial charge in [0.25, 0.3) is 0 Å². The van der Waals surface area contributed by atoms with Gasteiger partial charge in [-0.05, 0) is 68.1 Å². The zero-order valence-electron chi connectivity index (χ0n) is 22.3. The van der Waals surface area contributed by atoms with Crippen LogP contribution in [0.15, 0.2) is 72.8 Å². The SMILES string of the molecule is [2H]C([2H])([2H])c1nc2cc(-c3ccc4ccccc4c3C(C)C)n(-c3ccccc3)c2n1C(C)(C)C. The summed E-state index contributed by atoms with van der Waals surface area (Å²) in [6.45, 7) is 8.21. The summed E-state index contributed by atoms with van der Waals surface area (Å²) in [5, 5.41) is 2.45. The Balaban J connectivity index is 1.95. The molecule has 0 saturated heterocycles. The third kappa shape index (κ3) is 3.15. The third-order valence-electron chi connectivity index (χ3n) is 6.11. The van der Waals surface area contributed by atoms with Gasteiger partial charge < -0.3 is 4.57 Å². The minimum atomic E-state index is -2.32. The van der Waals surface area contributed by atoms with Crippen molar-refractivity contribution in [2.24, 2.45) is 0 Å². The van der Waals surface area contributed by atoms with Crippen molar-refractivity contribution in [3.05, 3.63) is 84.2 Å². The van der Waals surface area contributed by atoms with Crippen LogP contribution in [-0.4, -0.2) is 14.1 Å². The van der Waals surface area contributed by atoms with E-state index in [1.807, 2.05) is 43.5 Å². The lowest BCUT2D eigenvalue weighted by Crippen LogP contribution is -2.24. The van der Waals surface area contributed by atoms with Crippen LogP contribution in [0.3, 0.4) is 0 Å². The second-order valence-electron chi connectivity index (χ2n) is 9.75. The van der Waals surface area contributed by atoms with Gasteiger partial charge in [0.05, 0.1) is 5.69 Å². The Kier molecular flexibility index (Phi) is 3.97. The fourth-order valence-corrected chi connectivity index (χ4v) is 4.86. The van der Waals surface area contributed by atoms with E-state index >= 15 is 0 Å². The molecule has 0 atom stereocenters. The lowest BCUT2D eigenvalue weighted by Gasteiger charge is -2.25. The maximum atomic E-state index is 8.18. The Morgan fingerprint density at radius 1 is 0.906 bits per heavy atom. The van der Waals surface area contributed by atoms with Crippen LogP contribution in [0.4, 0.5) is 0 Å². The Morgan fingerprint density at radius 3 is 2.31 bits per heavy atom. The molecule has 32 heavy (non-hydrogen) atoms. The number of hydrogen-bond donors (Lipinski definition) is 0. The minimum Gasteiger partial charge on any atom is -0.309 e. The zero-order chi connectivity index (χ0) is 25.1. The van der Waals surface area contributed by atoms with Gasteiger partial charge in [-0.3, -0.25) is 4.57 Å². The lowest BCUT2D eigenvalue weighted by atomic mass is 9.89. The highest BCUT2D eigenvalue weighted by molar-refractivity contribution is 5.94. The molecular formula is C29H31N3. The first-order chi connectivity index (χ1) is 16.5. The van der Waals surface area contributed by atoms with Gasteiger partial charge in [0.1, 0.15) is 17.0 Å². The summed E-state index contributed by atoms with van der Waals surface area (Å²) >= 11 is 0. The molecule has 0 amide bonds. The van der Waals surface area contributed by atoms with Crippen LogP contribution < -0.4 is 0 Å². The fourth-order valence-electron chi connectivity index (χ4n) is 4.86. The van der Waals surface area contributed by atoms with Crippen molar-refractivity contribution in [2.75, 3.05) is 0 Å². The van der Waals surface area contributed by atoms with Gasteiger partial charge in [0.2, 0.25) is 0 Å². The standard InChI is InChI=1S/C29H31N3/c1-19(2)27-23-15-11-10-12-21(23)16-17-24(27)26-18-25-28(31(26)22-13-8-7-9-14-22)32(20(3)30-25)29(4,5)6/h7-19H,1-6H3/i3D3. The summed E-state index contributed by atoms with van der Waals surface area (Å²) in [7, 11) is 0. The second kappa shape index (κ2) is 7.37. The molecule has 0 aliphatic rings. The molecule has 3 aromatic carbocycles. The molecule has 0 saturated carbocycles. The molecule has 2 heterocycles. The van der Waals surface area contributed by atoms with Gasteiger partial charge >= 0.3 is 0 Å². The van der Waals surface area contributed by atoms with E-state index in [2.05, 4.69) is 73.0 Å². The smallest absolute Gasteiger partial charge is 0.146 e. The maximum Gasteiger partial charge on any atom is 0.146 e. The zero-order valence-corrected chi connectivity index (χ0v) is 19.3. The van der Waals surface area contributed by atoms with Crippen LogP contribution >= 0.6 is 0 Å². The Bertz CT molecular complexity index is 1530. The number of benzene rings is 3. The number of aromatic nitrogens is 3. The highest BCUT2D eigenvalue weighted by atomic mass is 15.2. The molecule has 0 radical (unpaired) electrons. The maximum absolute atomic E-state index is 8.18. The van der Waals surface area contributed by atoms with Crippen molar-refractivity contribution in [1.29, 1.82) is 0 Å². The van der Waals surface area contributed by atoms with Crippen LogP contribution in [0, 0.1) is 6.85 Å². The van der Waals surface area contributed by atoms with Gasteiger partial charge in [-0.2, -0.15) is 0 Å². The number of rotatable bonds is 3. The van der Waals surface area contributed by atoms with Crippen LogP contribution in [0.5, 0.6) is 0 Å². The Hall–Kier alpha value is -3.33. The molecule has 2 aromatic heterocycles. The number of imidazole rings is 1. The first kappa shape index (κ1) is 17.3. The van der Waals surface area contributed by atoms with Crippen molar-refractivity contribution in [1.82, 2.24) is 14.1 Å². The average Bonchev–Trinajstić information content (AvgIpc) is 3.34. The van der Waals surface area contributed by atoms with Gasteiger partial charge in [0, 0.05) is 20.9 Å². The van der Waals surface area contributed by atoms with Crippen molar-refractivity contribution in [3.63, 3.8) is 0 Å². The number of aryl methyl sites for hydroxylation is 1. The van der Waals surface area contributed by atoms with Crippen LogP contribution in [-0.2, 0) is 5.54 Å². The molecule has 162 valence electrons. The van der Waals surface area contributed by atoms with Crippen molar-refractivity contribution in [3.8, 4) is 16.9 Å². The molecule has 5 rings (SSSR count). The second-order valence-corrected chi connectivity index (χ2v) is 9.75. The molecular weight excluding hydrogens is 390 g/mol. The van der Waals surface area contributed by atoms with Crippen LogP contribution in [0.25, 0.3) is 38.9 Å². The topological polar surface area (TPSA) is 22.8 Å². The minimum absolute atomic E-state index is 0.119. The summed E-state index contributed by atoms with van der Waals surface area (Å²) in [6.07, 6.45) is 0. The van der Waals surface area contributed by atoms with Crippen molar-refractivity contribution < 1.29 is 4.11 Å². The Morgan fingerprint density at radius 2 is 1.62 bits per heavy atom. The van der Waals surface area contributed by atoms with Crippen LogP contribution in [0.2, 0.25) is 0 Å². The molecule has 0 fully saturated rings. The van der Waals surface area contributed by atoms with E-state index < -0.39 is 12.4 Å². The lowest BCUT2D eigenvalue weighted by molar-refractivity contribution is 0.396. The van der Waals surface area contributed by atoms with E-state index in [4.69, 9.17) is 9.10 Å². The van der Waals surface area contributed by atoms with E-state index in [0.29, 0.717) is 11.4 Å². The fraction of sp³-hybridized carbons (Fsp3) is 0.276. The molecule has 0 unspecified atom stereocenters. The number of nitrogens with zero attached hydrogens (tertiary/aromatic N) is 3. The highest BCUT2D eigenvalue weighted by Gasteiger charge is 2.26. The number of para-hydroxylation sites is 1. The largest absolute Gasteiger partial charge is 0.309 e. The Labute approximate surface area is 194 Å². The third-order valence-corrected chi connectivity index (χ3v) is 6.11. The average molecular weight is 425 g/mol. The van der Waals surface area contributed by atoms with Crippen LogP contribution in [0.1, 0.15) is 56.0 Å². The van der Waals surface area contributed by atoms with Crippen molar-refractivity contribution >= 4 is 21.9 Å². The molecule has 0 bridgehead atoms. The molecule has 0 N–H and O–H groups in total. The molecule has 3 heteroatoms. The summed E-state index contributed by atoms with van der Waals surface area (Å²) < 4.78 is 28.6. The predicted molar refractivity (Wildman–Crippen MR) is 136 cm³/mol. The molecule has 5 aromatic rings. The number of fused-ring (bicyclic) bond motifs is 2. The first-order valence-corrected chi connectivity index (χ1v) is 11.2. The summed E-state index contributed by atoms with van der Waals surface area (Å²) in [5.74, 6) is 0.416. The van der Waals surface area contributed by atoms with Gasteiger partial charge in [-0.15, -0.1) is 0 Å². The molecule has 3 nitrogen and oxygen atoms in total. The summed E-state index contributed by atoms with van der Waals surface area (Å²) in [5.41, 5.74) is 5.40. The van der Waals surface area contributed by atoms with Gasteiger partial charge in [0.15, 0.2) is 0 Å². The predicted octanol–water partition coefficient (Wildman–Crippen LogP) is 7.83. The number of hydrogen-bond acceptors (Lipinski definition) is 1. The summed E-state index contributed by atoms with van der Waals surface area (Å²) in [4.78, 5) is 4.70. The van der Waals surface area contributed by atoms with E-state index in [9.17, 15) is 0 Å². The van der Waals surface area contributed by atoms with E-state index in [1.54, 1.807) is 0 Å². The first-order valence-electron chi connectivity index (χ1n) is 12.7. The van der Waals surface area contributed by atoms with Gasteiger partial charge in [-0.25, -0.2) is 4.98 Å². The van der Waals surface area contributed by atoms with E-state index in [0.717, 1.165) is 22.6 Å².